The van der Waals surface area contributed by atoms with Crippen LogP contribution < -0.4 is 5.73 Å². The first-order chi connectivity index (χ1) is 26.0. The van der Waals surface area contributed by atoms with Gasteiger partial charge in [0.05, 0.1) is 37.6 Å². The second-order valence-corrected chi connectivity index (χ2v) is 21.0. The highest BCUT2D eigenvalue weighted by atomic mass is 16.5. The number of aromatic amines is 1. The number of hydrogen-bond donors (Lipinski definition) is 2. The first-order valence-corrected chi connectivity index (χ1v) is 21.4. The Morgan fingerprint density at radius 2 is 1.80 bits per heavy atom. The number of amides is 1. The number of rotatable bonds is 6. The van der Waals surface area contributed by atoms with Crippen LogP contribution in [0.5, 0.6) is 0 Å². The van der Waals surface area contributed by atoms with E-state index in [4.69, 9.17) is 20.0 Å². The third-order valence-corrected chi connectivity index (χ3v) is 17.5. The molecule has 5 fully saturated rings. The number of Topliss-reactive ketones (excluding diaryl/α,β-unsaturated/α-hetero) is 1. The molecule has 2 aromatic heterocycles. The molecule has 0 aromatic carbocycles. The fourth-order valence-electron chi connectivity index (χ4n) is 14.8. The van der Waals surface area contributed by atoms with Crippen molar-refractivity contribution in [3.63, 3.8) is 0 Å². The molecule has 7 aliphatic rings. The number of furan rings is 1. The Labute approximate surface area is 328 Å². The van der Waals surface area contributed by atoms with Crippen molar-refractivity contribution in [2.24, 2.45) is 57.2 Å². The lowest BCUT2D eigenvalue weighted by molar-refractivity contribution is -0.156. The Kier molecular flexibility index (Phi) is 8.61. The normalized spacial score (nSPS) is 39.5. The molecule has 9 rings (SSSR count). The summed E-state index contributed by atoms with van der Waals surface area (Å²) in [5.74, 6) is 2.64. The molecule has 298 valence electrons. The number of ether oxygens (including phenoxy) is 1. The quantitative estimate of drug-likeness (QED) is 0.286. The lowest BCUT2D eigenvalue weighted by Crippen LogP contribution is -2.64. The molecule has 0 bridgehead atoms. The van der Waals surface area contributed by atoms with Gasteiger partial charge >= 0.3 is 0 Å². The van der Waals surface area contributed by atoms with E-state index in [-0.39, 0.29) is 56.5 Å². The van der Waals surface area contributed by atoms with Gasteiger partial charge in [0.25, 0.3) is 0 Å². The maximum atomic E-state index is 14.8. The van der Waals surface area contributed by atoms with E-state index in [2.05, 4.69) is 71.1 Å². The molecule has 2 saturated heterocycles. The van der Waals surface area contributed by atoms with Gasteiger partial charge in [-0.3, -0.25) is 19.6 Å². The number of hydrogen-bond acceptors (Lipinski definition) is 7. The zero-order valence-electron chi connectivity index (χ0n) is 34.6. The highest BCUT2D eigenvalue weighted by Gasteiger charge is 2.69. The number of nitrogens with two attached hydrogens (primary N) is 1. The van der Waals surface area contributed by atoms with E-state index in [0.29, 0.717) is 24.8 Å². The summed E-state index contributed by atoms with van der Waals surface area (Å²) in [5, 5.41) is 8.03. The Hall–Kier alpha value is -3.17. The summed E-state index contributed by atoms with van der Waals surface area (Å²) >= 11 is 0. The van der Waals surface area contributed by atoms with Crippen LogP contribution in [0.2, 0.25) is 0 Å². The molecule has 55 heavy (non-hydrogen) atoms. The Bertz CT molecular complexity index is 1930. The van der Waals surface area contributed by atoms with Gasteiger partial charge in [-0.05, 0) is 121 Å². The van der Waals surface area contributed by atoms with Gasteiger partial charge in [-0.15, -0.1) is 0 Å². The molecule has 3 saturated carbocycles. The van der Waals surface area contributed by atoms with Gasteiger partial charge < -0.3 is 19.8 Å². The number of fused-ring (bicyclic) bond motifs is 8. The molecule has 0 spiro atoms. The van der Waals surface area contributed by atoms with Crippen LogP contribution in [0.1, 0.15) is 122 Å². The maximum absolute atomic E-state index is 14.8. The first kappa shape index (κ1) is 37.4. The molecule has 5 aliphatic carbocycles. The van der Waals surface area contributed by atoms with Gasteiger partial charge in [0, 0.05) is 42.1 Å². The molecule has 2 aliphatic heterocycles. The van der Waals surface area contributed by atoms with Crippen molar-refractivity contribution >= 4 is 23.1 Å². The average Bonchev–Trinajstić information content (AvgIpc) is 3.86. The van der Waals surface area contributed by atoms with Crippen molar-refractivity contribution in [1.29, 1.82) is 0 Å². The third kappa shape index (κ3) is 5.33. The molecule has 2 unspecified atom stereocenters. The number of nitrogen functional groups attached to an aromatic ring is 1. The fourth-order valence-corrected chi connectivity index (χ4v) is 14.8. The van der Waals surface area contributed by atoms with Crippen LogP contribution in [0, 0.1) is 57.2 Å². The van der Waals surface area contributed by atoms with Gasteiger partial charge in [0.1, 0.15) is 17.4 Å². The predicted molar refractivity (Wildman–Crippen MR) is 214 cm³/mol. The van der Waals surface area contributed by atoms with Crippen LogP contribution in [0.3, 0.4) is 0 Å². The number of nitrogens with one attached hydrogen (secondary N) is 1. The summed E-state index contributed by atoms with van der Waals surface area (Å²) in [6, 6.07) is 2.27. The van der Waals surface area contributed by atoms with E-state index in [1.807, 2.05) is 6.26 Å². The maximum Gasteiger partial charge on any atom is 0.237 e. The first-order valence-electron chi connectivity index (χ1n) is 21.4. The van der Waals surface area contributed by atoms with E-state index >= 15 is 0 Å². The zero-order valence-corrected chi connectivity index (χ0v) is 34.6. The molecular formula is C46H65N5O4. The summed E-state index contributed by atoms with van der Waals surface area (Å²) in [5.41, 5.74) is 13.3. The van der Waals surface area contributed by atoms with Crippen LogP contribution in [-0.4, -0.2) is 64.5 Å². The average molecular weight is 752 g/mol. The number of carbonyl (C=O) groups excluding carboxylic acids is 2. The highest BCUT2D eigenvalue weighted by Crippen LogP contribution is 2.76. The van der Waals surface area contributed by atoms with Crippen LogP contribution >= 0.6 is 0 Å². The van der Waals surface area contributed by atoms with Crippen LogP contribution in [0.15, 0.2) is 35.1 Å². The van der Waals surface area contributed by atoms with Crippen LogP contribution in [0.25, 0.3) is 5.57 Å². The largest absolute Gasteiger partial charge is 0.467 e. The smallest absolute Gasteiger partial charge is 0.237 e. The lowest BCUT2D eigenvalue weighted by Gasteiger charge is -2.70. The second-order valence-electron chi connectivity index (χ2n) is 21.0. The summed E-state index contributed by atoms with van der Waals surface area (Å²) in [6.07, 6.45) is 12.4. The number of ketones is 1. The fraction of sp³-hybridized carbons (Fsp3) is 0.717. The summed E-state index contributed by atoms with van der Waals surface area (Å²) < 4.78 is 12.2. The van der Waals surface area contributed by atoms with Gasteiger partial charge in [0.15, 0.2) is 0 Å². The van der Waals surface area contributed by atoms with Crippen molar-refractivity contribution in [2.75, 3.05) is 38.6 Å². The van der Waals surface area contributed by atoms with Crippen molar-refractivity contribution in [2.45, 2.75) is 118 Å². The molecule has 2 aromatic rings. The minimum atomic E-state index is -0.549. The standard InChI is InChI=1S/C46H65N5O4/c1-9-51-16-12-29(41(51)53)38(52)32-24-42(2,3)23-31-27(32)10-14-46(8)37(31)30(28-13-19-55-34(28)26-50-17-20-54-21-18-50)22-36-44(6)25-33-39(48-49-40(33)47)43(4,5)35(44)11-15-45(36,46)7/h9,13,19,27,29,31-32,35-36H,1,10-12,14-18,20-26H2,2-8H3,(H3,47,48,49)/t27-,29?,31-,32+,35-,36?,44-,45+,46+/m0/s1. The van der Waals surface area contributed by atoms with E-state index in [0.717, 1.165) is 88.6 Å². The van der Waals surface area contributed by atoms with Crippen molar-refractivity contribution in [1.82, 2.24) is 20.0 Å². The molecule has 4 heterocycles. The summed E-state index contributed by atoms with van der Waals surface area (Å²) in [4.78, 5) is 32.4. The molecule has 9 heteroatoms. The molecule has 9 atom stereocenters. The number of carbonyl (C=O) groups is 2. The topological polar surface area (TPSA) is 118 Å². The third-order valence-electron chi connectivity index (χ3n) is 17.5. The van der Waals surface area contributed by atoms with Crippen molar-refractivity contribution < 1.29 is 18.7 Å². The number of allylic oxidation sites excluding steroid dienone is 2. The highest BCUT2D eigenvalue weighted by molar-refractivity contribution is 6.04. The molecule has 3 N–H and O–H groups in total. The Morgan fingerprint density at radius 1 is 1.04 bits per heavy atom. The Morgan fingerprint density at radius 3 is 2.53 bits per heavy atom. The van der Waals surface area contributed by atoms with E-state index in [1.54, 1.807) is 16.7 Å². The number of aromatic nitrogens is 2. The molecule has 0 radical (unpaired) electrons. The van der Waals surface area contributed by atoms with E-state index in [9.17, 15) is 9.59 Å². The SMILES string of the molecule is C=CN1CCC(C(=O)[C@@H]2CC(C)(C)C[C@@H]3C4=C(c5ccoc5CN5CCOCC5)CC5[C@@]6(C)Cc7c(n[nH]c7N)C(C)(C)[C@@H]6CC[C@@]5(C)[C@]4(C)CC[C@@H]32)C1=O. The monoisotopic (exact) mass is 752 g/mol. The zero-order chi connectivity index (χ0) is 38.9. The number of morpholine rings is 1. The van der Waals surface area contributed by atoms with Gasteiger partial charge in [0.2, 0.25) is 5.91 Å². The summed E-state index contributed by atoms with van der Waals surface area (Å²) in [7, 11) is 0. The second kappa shape index (κ2) is 12.7. The van der Waals surface area contributed by atoms with Crippen LogP contribution in [0.4, 0.5) is 5.82 Å². The van der Waals surface area contributed by atoms with Gasteiger partial charge in [-0.1, -0.05) is 60.6 Å². The number of anilines is 1. The lowest BCUT2D eigenvalue weighted by atomic mass is 9.33. The molecule has 1 amide bonds. The number of nitrogens with zero attached hydrogens (tertiary/aromatic N) is 3. The Balaban J connectivity index is 1.20. The van der Waals surface area contributed by atoms with Gasteiger partial charge in [-0.25, -0.2) is 0 Å². The van der Waals surface area contributed by atoms with Gasteiger partial charge in [-0.2, -0.15) is 5.10 Å². The van der Waals surface area contributed by atoms with E-state index in [1.165, 1.54) is 29.5 Å². The minimum absolute atomic E-state index is 0.0104. The summed E-state index contributed by atoms with van der Waals surface area (Å²) in [6.45, 7) is 26.0. The predicted octanol–water partition coefficient (Wildman–Crippen LogP) is 8.18. The molecule has 9 nitrogen and oxygen atoms in total. The number of H-pyrrole nitrogens is 1. The van der Waals surface area contributed by atoms with Crippen molar-refractivity contribution in [3.8, 4) is 0 Å². The minimum Gasteiger partial charge on any atom is -0.467 e. The number of likely N-dealkylation sites (tertiary alicyclic amines) is 1. The van der Waals surface area contributed by atoms with Crippen molar-refractivity contribution in [3.05, 3.63) is 53.3 Å². The molecular weight excluding hydrogens is 687 g/mol. The van der Waals surface area contributed by atoms with Crippen LogP contribution in [-0.2, 0) is 32.7 Å². The van der Waals surface area contributed by atoms with E-state index < -0.39 is 5.92 Å².